The number of carbonyl (C=O) groups is 2. The summed E-state index contributed by atoms with van der Waals surface area (Å²) in [6, 6.07) is 13.7. The molecule has 3 rings (SSSR count). The molecular weight excluding hydrogens is 451 g/mol. The van der Waals surface area contributed by atoms with E-state index >= 15 is 0 Å². The van der Waals surface area contributed by atoms with Gasteiger partial charge >= 0.3 is 11.9 Å². The number of rotatable bonds is 4. The van der Waals surface area contributed by atoms with Crippen LogP contribution in [0.5, 0.6) is 11.5 Å². The number of aryl methyl sites for hydroxylation is 4. The van der Waals surface area contributed by atoms with Crippen molar-refractivity contribution < 1.29 is 37.6 Å². The number of esters is 2. The molecule has 173 valence electrons. The van der Waals surface area contributed by atoms with Crippen molar-refractivity contribution >= 4 is 11.9 Å². The summed E-state index contributed by atoms with van der Waals surface area (Å²) in [6.45, 7) is 15.9. The van der Waals surface area contributed by atoms with E-state index in [0.717, 1.165) is 33.4 Å². The van der Waals surface area contributed by atoms with E-state index in [9.17, 15) is 9.59 Å². The van der Waals surface area contributed by atoms with Gasteiger partial charge in [0, 0.05) is 18.6 Å². The molecule has 0 fully saturated rings. The summed E-state index contributed by atoms with van der Waals surface area (Å²) in [5.41, 5.74) is 7.54. The zero-order valence-corrected chi connectivity index (χ0v) is 22.1. The van der Waals surface area contributed by atoms with Crippen molar-refractivity contribution in [1.82, 2.24) is 0 Å². The van der Waals surface area contributed by atoms with Crippen LogP contribution in [0.25, 0.3) is 0 Å². The third-order valence-electron chi connectivity index (χ3n) is 5.57. The Labute approximate surface area is 209 Å². The zero-order chi connectivity index (χ0) is 24.0. The second-order valence-corrected chi connectivity index (χ2v) is 7.72. The van der Waals surface area contributed by atoms with Gasteiger partial charge in [0.2, 0.25) is 0 Å². The van der Waals surface area contributed by atoms with Gasteiger partial charge in [-0.1, -0.05) is 13.8 Å². The maximum Gasteiger partial charge on any atom is 0.343 e. The Kier molecular flexibility index (Phi) is 10.6. The monoisotopic (exact) mass is 483 g/mol. The molecule has 0 aromatic heterocycles. The minimum atomic E-state index is -0.420. The summed E-state index contributed by atoms with van der Waals surface area (Å²) in [5.74, 6) is -0.0662. The van der Waals surface area contributed by atoms with Crippen LogP contribution in [0, 0.1) is 41.5 Å². The Morgan fingerprint density at radius 2 is 0.788 bits per heavy atom. The molecule has 0 atom stereocenters. The first-order valence-electron chi connectivity index (χ1n) is 10.9. The van der Waals surface area contributed by atoms with Crippen LogP contribution in [-0.2, 0) is 18.6 Å². The van der Waals surface area contributed by atoms with Crippen molar-refractivity contribution in [2.45, 2.75) is 55.4 Å². The van der Waals surface area contributed by atoms with E-state index in [1.165, 1.54) is 0 Å². The molecule has 0 amide bonds. The molecule has 0 aliphatic heterocycles. The predicted molar refractivity (Wildman–Crippen MR) is 129 cm³/mol. The van der Waals surface area contributed by atoms with Crippen LogP contribution in [0.4, 0.5) is 0 Å². The van der Waals surface area contributed by atoms with E-state index in [2.05, 4.69) is 0 Å². The molecule has 1 radical (unpaired) electrons. The summed E-state index contributed by atoms with van der Waals surface area (Å²) in [4.78, 5) is 24.9. The van der Waals surface area contributed by atoms with E-state index in [4.69, 9.17) is 9.47 Å². The number of carbonyl (C=O) groups excluding carboxylic acids is 2. The molecule has 3 aromatic carbocycles. The molecule has 33 heavy (non-hydrogen) atoms. The van der Waals surface area contributed by atoms with Gasteiger partial charge in [0.15, 0.2) is 0 Å². The average molecular weight is 484 g/mol. The first kappa shape index (κ1) is 28.2. The molecule has 0 saturated carbocycles. The minimum Gasteiger partial charge on any atom is -0.423 e. The molecule has 0 aliphatic rings. The second kappa shape index (κ2) is 12.4. The van der Waals surface area contributed by atoms with Gasteiger partial charge in [-0.25, -0.2) is 9.59 Å². The molecule has 0 bridgehead atoms. The molecular formula is C28H32O4V. The zero-order valence-electron chi connectivity index (χ0n) is 20.7. The van der Waals surface area contributed by atoms with Crippen LogP contribution in [0.2, 0.25) is 0 Å². The van der Waals surface area contributed by atoms with Gasteiger partial charge in [-0.15, -0.1) is 0 Å². The van der Waals surface area contributed by atoms with Gasteiger partial charge in [-0.2, -0.15) is 0 Å². The average Bonchev–Trinajstić information content (AvgIpc) is 2.77. The van der Waals surface area contributed by atoms with Gasteiger partial charge in [-0.05, 0) is 123 Å². The van der Waals surface area contributed by atoms with E-state index in [1.807, 2.05) is 79.7 Å². The van der Waals surface area contributed by atoms with Crippen molar-refractivity contribution in [3.05, 3.63) is 93.0 Å². The van der Waals surface area contributed by atoms with E-state index < -0.39 is 11.9 Å². The third kappa shape index (κ3) is 7.08. The molecule has 0 unspecified atom stereocenters. The molecule has 4 nitrogen and oxygen atoms in total. The first-order chi connectivity index (χ1) is 15.2. The summed E-state index contributed by atoms with van der Waals surface area (Å²) in [5, 5.41) is 0. The van der Waals surface area contributed by atoms with Crippen molar-refractivity contribution in [2.24, 2.45) is 0 Å². The van der Waals surface area contributed by atoms with E-state index in [-0.39, 0.29) is 18.6 Å². The van der Waals surface area contributed by atoms with Crippen LogP contribution in [0.1, 0.15) is 67.9 Å². The van der Waals surface area contributed by atoms with Gasteiger partial charge < -0.3 is 9.47 Å². The molecule has 5 heteroatoms. The topological polar surface area (TPSA) is 52.6 Å². The fraction of sp³-hybridized carbons (Fsp3) is 0.286. The maximum absolute atomic E-state index is 12.5. The Morgan fingerprint density at radius 1 is 0.545 bits per heavy atom. The van der Waals surface area contributed by atoms with Gasteiger partial charge in [0.05, 0.1) is 11.1 Å². The van der Waals surface area contributed by atoms with Crippen LogP contribution in [0.15, 0.2) is 48.5 Å². The van der Waals surface area contributed by atoms with Gasteiger partial charge in [0.1, 0.15) is 11.5 Å². The Morgan fingerprint density at radius 3 is 1.03 bits per heavy atom. The second-order valence-electron chi connectivity index (χ2n) is 7.72. The number of ether oxygens (including phenoxy) is 2. The number of hydrogen-bond donors (Lipinski definition) is 0. The SMILES string of the molecule is CC.Cc1cc(C(=O)Oc2ccc(OC(=O)c3cc(C)c(C)c(C)c3)cc2)cc(C)c1C.[V]. The number of benzene rings is 3. The van der Waals surface area contributed by atoms with E-state index in [1.54, 1.807) is 24.3 Å². The molecule has 0 heterocycles. The maximum atomic E-state index is 12.5. The van der Waals surface area contributed by atoms with Crippen molar-refractivity contribution in [1.29, 1.82) is 0 Å². The minimum absolute atomic E-state index is 0. The van der Waals surface area contributed by atoms with Crippen LogP contribution >= 0.6 is 0 Å². The smallest absolute Gasteiger partial charge is 0.343 e. The quantitative estimate of drug-likeness (QED) is 0.296. The third-order valence-corrected chi connectivity index (χ3v) is 5.57. The van der Waals surface area contributed by atoms with Crippen molar-refractivity contribution in [3.63, 3.8) is 0 Å². The summed E-state index contributed by atoms with van der Waals surface area (Å²) < 4.78 is 10.9. The predicted octanol–water partition coefficient (Wildman–Crippen LogP) is 7.00. The van der Waals surface area contributed by atoms with Crippen LogP contribution in [-0.4, -0.2) is 11.9 Å². The van der Waals surface area contributed by atoms with E-state index in [0.29, 0.717) is 22.6 Å². The summed E-state index contributed by atoms with van der Waals surface area (Å²) >= 11 is 0. The van der Waals surface area contributed by atoms with Gasteiger partial charge in [0.25, 0.3) is 0 Å². The summed E-state index contributed by atoms with van der Waals surface area (Å²) in [7, 11) is 0. The fourth-order valence-corrected chi connectivity index (χ4v) is 3.21. The Hall–Kier alpha value is -2.82. The molecule has 0 aliphatic carbocycles. The van der Waals surface area contributed by atoms with Crippen LogP contribution < -0.4 is 9.47 Å². The molecule has 3 aromatic rings. The summed E-state index contributed by atoms with van der Waals surface area (Å²) in [6.07, 6.45) is 0. The van der Waals surface area contributed by atoms with Gasteiger partial charge in [-0.3, -0.25) is 0 Å². The molecule has 0 N–H and O–H groups in total. The fourth-order valence-electron chi connectivity index (χ4n) is 3.21. The first-order valence-corrected chi connectivity index (χ1v) is 10.9. The standard InChI is InChI=1S/C26H26O4.C2H6.V/c1-15-11-21(12-16(2)19(15)5)25(27)29-23-7-9-24(10-8-23)30-26(28)22-13-17(3)20(6)18(4)14-22;1-2;/h7-14H,1-6H3;1-2H3;. The van der Waals surface area contributed by atoms with Crippen molar-refractivity contribution in [2.75, 3.05) is 0 Å². The van der Waals surface area contributed by atoms with Crippen LogP contribution in [0.3, 0.4) is 0 Å². The number of hydrogen-bond acceptors (Lipinski definition) is 4. The molecule has 0 spiro atoms. The molecule has 0 saturated heterocycles. The largest absolute Gasteiger partial charge is 0.423 e. The normalized spacial score (nSPS) is 9.82. The Bertz CT molecular complexity index is 995. The Balaban J connectivity index is 0.00000177. The van der Waals surface area contributed by atoms with Crippen molar-refractivity contribution in [3.8, 4) is 11.5 Å².